The molecule has 1 aliphatic carbocycles. The molecule has 1 aromatic heterocycles. The Morgan fingerprint density at radius 2 is 2.28 bits per heavy atom. The van der Waals surface area contributed by atoms with E-state index in [1.165, 1.54) is 6.20 Å². The van der Waals surface area contributed by atoms with Crippen LogP contribution in [0.4, 0.5) is 0 Å². The molecular formula is C13H18N2O3. The van der Waals surface area contributed by atoms with Gasteiger partial charge in [0.1, 0.15) is 6.10 Å². The van der Waals surface area contributed by atoms with Crippen LogP contribution >= 0.6 is 0 Å². The first-order chi connectivity index (χ1) is 8.61. The summed E-state index contributed by atoms with van der Waals surface area (Å²) in [6, 6.07) is 1.53. The minimum Gasteiger partial charge on any atom is -0.388 e. The fourth-order valence-corrected chi connectivity index (χ4v) is 2.29. The lowest BCUT2D eigenvalue weighted by molar-refractivity contribution is 0.000205. The molecule has 0 bridgehead atoms. The second-order valence-corrected chi connectivity index (χ2v) is 4.67. The van der Waals surface area contributed by atoms with Crippen molar-refractivity contribution in [2.24, 2.45) is 0 Å². The van der Waals surface area contributed by atoms with Crippen LogP contribution in [-0.2, 0) is 4.74 Å². The maximum Gasteiger partial charge on any atom is 0.253 e. The summed E-state index contributed by atoms with van der Waals surface area (Å²) >= 11 is 0. The van der Waals surface area contributed by atoms with Crippen LogP contribution in [0.3, 0.4) is 0 Å². The number of hydrogen-bond acceptors (Lipinski definition) is 4. The van der Waals surface area contributed by atoms with Crippen molar-refractivity contribution in [2.45, 2.75) is 38.0 Å². The molecule has 3 atom stereocenters. The quantitative estimate of drug-likeness (QED) is 0.826. The molecule has 0 saturated heterocycles. The first-order valence-electron chi connectivity index (χ1n) is 6.05. The average Bonchev–Trinajstić information content (AvgIpc) is 2.70. The highest BCUT2D eigenvalue weighted by Gasteiger charge is 2.35. The number of nitrogens with zero attached hydrogens (tertiary/aromatic N) is 1. The van der Waals surface area contributed by atoms with E-state index >= 15 is 0 Å². The number of carbonyl (C=O) groups excluding carboxylic acids is 1. The number of rotatable bonds is 3. The summed E-state index contributed by atoms with van der Waals surface area (Å²) < 4.78 is 5.15. The van der Waals surface area contributed by atoms with E-state index < -0.39 is 6.10 Å². The van der Waals surface area contributed by atoms with Gasteiger partial charge in [0.2, 0.25) is 0 Å². The number of nitrogens with one attached hydrogen (secondary N) is 1. The van der Waals surface area contributed by atoms with E-state index in [9.17, 15) is 9.90 Å². The van der Waals surface area contributed by atoms with Crippen LogP contribution < -0.4 is 5.32 Å². The summed E-state index contributed by atoms with van der Waals surface area (Å²) in [7, 11) is 1.57. The fraction of sp³-hybridized carbons (Fsp3) is 0.538. The summed E-state index contributed by atoms with van der Waals surface area (Å²) in [5.41, 5.74) is 1.45. The number of aromatic nitrogens is 1. The molecule has 18 heavy (non-hydrogen) atoms. The minimum absolute atomic E-state index is 0.189. The molecule has 0 aliphatic heterocycles. The highest BCUT2D eigenvalue weighted by Crippen LogP contribution is 2.22. The smallest absolute Gasteiger partial charge is 0.253 e. The maximum absolute atomic E-state index is 12.0. The van der Waals surface area contributed by atoms with E-state index in [0.29, 0.717) is 5.56 Å². The van der Waals surface area contributed by atoms with Crippen LogP contribution in [-0.4, -0.2) is 41.4 Å². The van der Waals surface area contributed by atoms with E-state index in [-0.39, 0.29) is 18.1 Å². The maximum atomic E-state index is 12.0. The number of aryl methyl sites for hydroxylation is 1. The fourth-order valence-electron chi connectivity index (χ4n) is 2.29. The topological polar surface area (TPSA) is 71.5 Å². The van der Waals surface area contributed by atoms with Crippen molar-refractivity contribution in [2.75, 3.05) is 7.11 Å². The molecule has 0 radical (unpaired) electrons. The Labute approximate surface area is 106 Å². The van der Waals surface area contributed by atoms with Crippen LogP contribution in [0.1, 0.15) is 28.8 Å². The molecule has 1 aromatic rings. The summed E-state index contributed by atoms with van der Waals surface area (Å²) in [6.07, 6.45) is 3.88. The average molecular weight is 250 g/mol. The summed E-state index contributed by atoms with van der Waals surface area (Å²) in [6.45, 7) is 1.88. The number of hydrogen-bond donors (Lipinski definition) is 2. The lowest BCUT2D eigenvalue weighted by atomic mass is 10.1. The van der Waals surface area contributed by atoms with Crippen molar-refractivity contribution in [3.05, 3.63) is 29.6 Å². The van der Waals surface area contributed by atoms with Crippen molar-refractivity contribution >= 4 is 5.91 Å². The Morgan fingerprint density at radius 3 is 2.89 bits per heavy atom. The number of methoxy groups -OCH3 is 1. The monoisotopic (exact) mass is 250 g/mol. The molecule has 98 valence electrons. The van der Waals surface area contributed by atoms with Gasteiger partial charge in [-0.2, -0.15) is 0 Å². The Balaban J connectivity index is 2.00. The number of aliphatic hydroxyl groups excluding tert-OH is 1. The molecule has 2 rings (SSSR count). The van der Waals surface area contributed by atoms with Crippen LogP contribution in [0.25, 0.3) is 0 Å². The molecule has 1 aliphatic rings. The largest absolute Gasteiger partial charge is 0.388 e. The number of carbonyl (C=O) groups is 1. The lowest BCUT2D eigenvalue weighted by Gasteiger charge is -2.19. The molecule has 0 spiro atoms. The molecule has 1 heterocycles. The highest BCUT2D eigenvalue weighted by molar-refractivity contribution is 5.94. The molecule has 5 nitrogen and oxygen atoms in total. The zero-order valence-electron chi connectivity index (χ0n) is 10.6. The molecule has 1 saturated carbocycles. The summed E-state index contributed by atoms with van der Waals surface area (Å²) in [5.74, 6) is -0.202. The molecule has 0 aromatic carbocycles. The molecule has 2 N–H and O–H groups in total. The van der Waals surface area contributed by atoms with E-state index in [4.69, 9.17) is 4.74 Å². The van der Waals surface area contributed by atoms with Crippen LogP contribution in [0.5, 0.6) is 0 Å². The normalized spacial score (nSPS) is 27.2. The number of pyridine rings is 1. The zero-order chi connectivity index (χ0) is 13.1. The summed E-state index contributed by atoms with van der Waals surface area (Å²) in [4.78, 5) is 16.0. The van der Waals surface area contributed by atoms with E-state index in [0.717, 1.165) is 18.4 Å². The predicted molar refractivity (Wildman–Crippen MR) is 66.3 cm³/mol. The third kappa shape index (κ3) is 2.68. The van der Waals surface area contributed by atoms with E-state index in [1.807, 2.05) is 6.92 Å². The lowest BCUT2D eigenvalue weighted by Crippen LogP contribution is -2.43. The highest BCUT2D eigenvalue weighted by atomic mass is 16.5. The van der Waals surface area contributed by atoms with Gasteiger partial charge in [-0.25, -0.2) is 0 Å². The SMILES string of the molecule is CO[C@@H]1CC[C@@H](NC(=O)c2cncc(C)c2)[C@H]1O. The number of ether oxygens (including phenoxy) is 1. The number of aliphatic hydroxyl groups is 1. The van der Waals surface area contributed by atoms with Gasteiger partial charge in [0.25, 0.3) is 5.91 Å². The van der Waals surface area contributed by atoms with Gasteiger partial charge in [-0.1, -0.05) is 0 Å². The second-order valence-electron chi connectivity index (χ2n) is 4.67. The second kappa shape index (κ2) is 5.46. The minimum atomic E-state index is -0.642. The van der Waals surface area contributed by atoms with Gasteiger partial charge in [-0.3, -0.25) is 9.78 Å². The van der Waals surface area contributed by atoms with Gasteiger partial charge >= 0.3 is 0 Å². The van der Waals surface area contributed by atoms with Crippen LogP contribution in [0.2, 0.25) is 0 Å². The first-order valence-corrected chi connectivity index (χ1v) is 6.05. The number of amides is 1. The van der Waals surface area contributed by atoms with Crippen LogP contribution in [0, 0.1) is 6.92 Å². The van der Waals surface area contributed by atoms with Gasteiger partial charge in [-0.05, 0) is 31.4 Å². The van der Waals surface area contributed by atoms with Crippen molar-refractivity contribution in [3.8, 4) is 0 Å². The van der Waals surface area contributed by atoms with Gasteiger partial charge in [0, 0.05) is 19.5 Å². The molecule has 1 amide bonds. The van der Waals surface area contributed by atoms with Crippen LogP contribution in [0.15, 0.2) is 18.5 Å². The Morgan fingerprint density at radius 1 is 1.50 bits per heavy atom. The van der Waals surface area contributed by atoms with E-state index in [2.05, 4.69) is 10.3 Å². The van der Waals surface area contributed by atoms with Gasteiger partial charge in [0.15, 0.2) is 0 Å². The van der Waals surface area contributed by atoms with Gasteiger partial charge in [0.05, 0.1) is 17.7 Å². The Bertz CT molecular complexity index is 436. The Hall–Kier alpha value is -1.46. The standard InChI is InChI=1S/C13H18N2O3/c1-8-5-9(7-14-6-8)13(17)15-10-3-4-11(18-2)12(10)16/h5-7,10-12,16H,3-4H2,1-2H3,(H,15,17)/t10-,11-,12-/m1/s1. The van der Waals surface area contributed by atoms with Crippen molar-refractivity contribution in [3.63, 3.8) is 0 Å². The Kier molecular flexibility index (Phi) is 3.93. The van der Waals surface area contributed by atoms with Gasteiger partial charge in [-0.15, -0.1) is 0 Å². The predicted octanol–water partition coefficient (Wildman–Crippen LogP) is 0.658. The first kappa shape index (κ1) is 13.0. The third-order valence-corrected chi connectivity index (χ3v) is 3.31. The molecule has 5 heteroatoms. The van der Waals surface area contributed by atoms with Crippen molar-refractivity contribution in [1.82, 2.24) is 10.3 Å². The van der Waals surface area contributed by atoms with E-state index in [1.54, 1.807) is 19.4 Å². The molecular weight excluding hydrogens is 232 g/mol. The van der Waals surface area contributed by atoms with Crippen molar-refractivity contribution in [1.29, 1.82) is 0 Å². The molecule has 1 fully saturated rings. The summed E-state index contributed by atoms with van der Waals surface area (Å²) in [5, 5.41) is 12.8. The van der Waals surface area contributed by atoms with Gasteiger partial charge < -0.3 is 15.2 Å². The van der Waals surface area contributed by atoms with Crippen molar-refractivity contribution < 1.29 is 14.6 Å². The zero-order valence-corrected chi connectivity index (χ0v) is 10.6. The molecule has 0 unspecified atom stereocenters. The third-order valence-electron chi connectivity index (χ3n) is 3.31.